The van der Waals surface area contributed by atoms with E-state index in [1.807, 2.05) is 27.7 Å². The molecule has 0 aromatic carbocycles. The Labute approximate surface area is 73.7 Å². The van der Waals surface area contributed by atoms with E-state index in [2.05, 4.69) is 0 Å². The van der Waals surface area contributed by atoms with Gasteiger partial charge >= 0.3 is 5.97 Å². The fourth-order valence-corrected chi connectivity index (χ4v) is 0.964. The van der Waals surface area contributed by atoms with Crippen molar-refractivity contribution in [3.05, 3.63) is 0 Å². The summed E-state index contributed by atoms with van der Waals surface area (Å²) >= 11 is 0. The molecule has 0 fully saturated rings. The number of carboxylic acids is 1. The Morgan fingerprint density at radius 2 is 2.00 bits per heavy atom. The third kappa shape index (κ3) is 6.16. The van der Waals surface area contributed by atoms with Gasteiger partial charge in [0, 0.05) is 0 Å². The van der Waals surface area contributed by atoms with Crippen molar-refractivity contribution < 1.29 is 14.6 Å². The molecule has 3 nitrogen and oxygen atoms in total. The molecule has 0 radical (unpaired) electrons. The first kappa shape index (κ1) is 11.4. The van der Waals surface area contributed by atoms with Gasteiger partial charge in [-0.3, -0.25) is 4.79 Å². The number of carbonyl (C=O) groups is 1. The molecule has 3 heteroatoms. The first-order chi connectivity index (χ1) is 5.35. The molecule has 0 spiro atoms. The van der Waals surface area contributed by atoms with Crippen LogP contribution in [0.2, 0.25) is 0 Å². The van der Waals surface area contributed by atoms with Crippen LogP contribution >= 0.6 is 0 Å². The molecular formula is C9H18O3. The number of carboxylic acid groups (broad SMARTS) is 1. The van der Waals surface area contributed by atoms with Gasteiger partial charge in [-0.25, -0.2) is 0 Å². The van der Waals surface area contributed by atoms with Crippen LogP contribution in [-0.4, -0.2) is 22.8 Å². The number of ether oxygens (including phenoxy) is 1. The molecule has 1 atom stereocenters. The highest BCUT2D eigenvalue weighted by molar-refractivity contribution is 5.67. The maximum Gasteiger partial charge on any atom is 0.305 e. The summed E-state index contributed by atoms with van der Waals surface area (Å²) in [5, 5.41) is 8.53. The van der Waals surface area contributed by atoms with Crippen molar-refractivity contribution in [3.63, 3.8) is 0 Å². The van der Waals surface area contributed by atoms with Crippen molar-refractivity contribution >= 4 is 5.97 Å². The Morgan fingerprint density at radius 3 is 2.25 bits per heavy atom. The molecule has 0 aliphatic heterocycles. The number of rotatable bonds is 4. The van der Waals surface area contributed by atoms with E-state index in [0.717, 1.165) is 6.42 Å². The monoisotopic (exact) mass is 174 g/mol. The molecule has 0 heterocycles. The lowest BCUT2D eigenvalue weighted by Gasteiger charge is -2.25. The average molecular weight is 174 g/mol. The summed E-state index contributed by atoms with van der Waals surface area (Å²) in [5.41, 5.74) is -0.254. The molecule has 0 aromatic rings. The van der Waals surface area contributed by atoms with E-state index in [4.69, 9.17) is 9.84 Å². The predicted molar refractivity (Wildman–Crippen MR) is 47.2 cm³/mol. The Morgan fingerprint density at radius 1 is 1.50 bits per heavy atom. The van der Waals surface area contributed by atoms with Crippen LogP contribution in [0, 0.1) is 0 Å². The summed E-state index contributed by atoms with van der Waals surface area (Å²) in [5.74, 6) is -0.800. The van der Waals surface area contributed by atoms with Gasteiger partial charge in [0.2, 0.25) is 0 Å². The summed E-state index contributed by atoms with van der Waals surface area (Å²) in [6.45, 7) is 7.71. The predicted octanol–water partition coefficient (Wildman–Crippen LogP) is 2.05. The molecule has 0 rings (SSSR count). The minimum atomic E-state index is -0.800. The van der Waals surface area contributed by atoms with Crippen LogP contribution in [-0.2, 0) is 9.53 Å². The third-order valence-electron chi connectivity index (χ3n) is 1.38. The smallest absolute Gasteiger partial charge is 0.305 e. The molecular weight excluding hydrogens is 156 g/mol. The molecule has 72 valence electrons. The average Bonchev–Trinajstić information content (AvgIpc) is 1.82. The van der Waals surface area contributed by atoms with Gasteiger partial charge in [0.15, 0.2) is 0 Å². The van der Waals surface area contributed by atoms with E-state index < -0.39 is 5.97 Å². The SMILES string of the molecule is CCC(CC(=O)O)OC(C)(C)C. The lowest BCUT2D eigenvalue weighted by molar-refractivity contribution is -0.143. The first-order valence-corrected chi connectivity index (χ1v) is 4.24. The van der Waals surface area contributed by atoms with Gasteiger partial charge in [-0.2, -0.15) is 0 Å². The van der Waals surface area contributed by atoms with Crippen LogP contribution in [0.3, 0.4) is 0 Å². The highest BCUT2D eigenvalue weighted by Crippen LogP contribution is 2.15. The van der Waals surface area contributed by atoms with Gasteiger partial charge < -0.3 is 9.84 Å². The number of aliphatic carboxylic acids is 1. The summed E-state index contributed by atoms with van der Waals surface area (Å²) < 4.78 is 5.52. The van der Waals surface area contributed by atoms with Crippen molar-refractivity contribution in [2.45, 2.75) is 52.2 Å². The van der Waals surface area contributed by atoms with Crippen molar-refractivity contribution in [2.75, 3.05) is 0 Å². The molecule has 0 saturated carbocycles. The summed E-state index contributed by atoms with van der Waals surface area (Å²) in [7, 11) is 0. The Kier molecular flexibility index (Phi) is 4.24. The van der Waals surface area contributed by atoms with E-state index in [9.17, 15) is 4.79 Å². The molecule has 12 heavy (non-hydrogen) atoms. The lowest BCUT2D eigenvalue weighted by Crippen LogP contribution is -2.28. The molecule has 0 aliphatic carbocycles. The van der Waals surface area contributed by atoms with Crippen molar-refractivity contribution in [1.29, 1.82) is 0 Å². The van der Waals surface area contributed by atoms with E-state index in [1.165, 1.54) is 0 Å². The lowest BCUT2D eigenvalue weighted by atomic mass is 10.1. The Balaban J connectivity index is 3.92. The van der Waals surface area contributed by atoms with E-state index in [0.29, 0.717) is 0 Å². The second kappa shape index (κ2) is 4.45. The second-order valence-corrected chi connectivity index (χ2v) is 3.86. The minimum absolute atomic E-state index is 0.0910. The van der Waals surface area contributed by atoms with Crippen LogP contribution in [0.25, 0.3) is 0 Å². The third-order valence-corrected chi connectivity index (χ3v) is 1.38. The van der Waals surface area contributed by atoms with Gasteiger partial charge in [0.05, 0.1) is 18.1 Å². The maximum absolute atomic E-state index is 10.4. The van der Waals surface area contributed by atoms with Gasteiger partial charge in [-0.1, -0.05) is 6.92 Å². The molecule has 1 unspecified atom stereocenters. The van der Waals surface area contributed by atoms with E-state index in [1.54, 1.807) is 0 Å². The van der Waals surface area contributed by atoms with Crippen molar-refractivity contribution in [3.8, 4) is 0 Å². The standard InChI is InChI=1S/C9H18O3/c1-5-7(6-8(10)11)12-9(2,3)4/h7H,5-6H2,1-4H3,(H,10,11). The Hall–Kier alpha value is -0.570. The van der Waals surface area contributed by atoms with Gasteiger partial charge in [-0.15, -0.1) is 0 Å². The van der Waals surface area contributed by atoms with Gasteiger partial charge in [0.1, 0.15) is 0 Å². The van der Waals surface area contributed by atoms with E-state index in [-0.39, 0.29) is 18.1 Å². The fraction of sp³-hybridized carbons (Fsp3) is 0.889. The number of hydrogen-bond acceptors (Lipinski definition) is 2. The highest BCUT2D eigenvalue weighted by Gasteiger charge is 2.19. The van der Waals surface area contributed by atoms with Crippen LogP contribution in [0.15, 0.2) is 0 Å². The van der Waals surface area contributed by atoms with Crippen molar-refractivity contribution in [1.82, 2.24) is 0 Å². The molecule has 0 aliphatic rings. The fourth-order valence-electron chi connectivity index (χ4n) is 0.964. The molecule has 0 amide bonds. The van der Waals surface area contributed by atoms with Crippen LogP contribution < -0.4 is 0 Å². The van der Waals surface area contributed by atoms with Crippen LogP contribution in [0.5, 0.6) is 0 Å². The normalized spacial score (nSPS) is 14.3. The molecule has 0 bridgehead atoms. The first-order valence-electron chi connectivity index (χ1n) is 4.24. The Bertz CT molecular complexity index is 146. The summed E-state index contributed by atoms with van der Waals surface area (Å²) in [4.78, 5) is 10.4. The molecule has 1 N–H and O–H groups in total. The zero-order valence-corrected chi connectivity index (χ0v) is 8.26. The number of hydrogen-bond donors (Lipinski definition) is 1. The van der Waals surface area contributed by atoms with Crippen molar-refractivity contribution in [2.24, 2.45) is 0 Å². The van der Waals surface area contributed by atoms with E-state index >= 15 is 0 Å². The van der Waals surface area contributed by atoms with Gasteiger partial charge in [0.25, 0.3) is 0 Å². The second-order valence-electron chi connectivity index (χ2n) is 3.86. The quantitative estimate of drug-likeness (QED) is 0.709. The minimum Gasteiger partial charge on any atom is -0.481 e. The zero-order chi connectivity index (χ0) is 9.78. The summed E-state index contributed by atoms with van der Waals surface area (Å²) in [6.07, 6.45) is 0.666. The highest BCUT2D eigenvalue weighted by atomic mass is 16.5. The maximum atomic E-state index is 10.4. The van der Waals surface area contributed by atoms with Crippen LogP contribution in [0.4, 0.5) is 0 Å². The molecule has 0 saturated heterocycles. The summed E-state index contributed by atoms with van der Waals surface area (Å²) in [6, 6.07) is 0. The van der Waals surface area contributed by atoms with Crippen LogP contribution in [0.1, 0.15) is 40.5 Å². The topological polar surface area (TPSA) is 46.5 Å². The zero-order valence-electron chi connectivity index (χ0n) is 8.26. The largest absolute Gasteiger partial charge is 0.481 e. The molecule has 0 aromatic heterocycles. The van der Waals surface area contributed by atoms with Gasteiger partial charge in [-0.05, 0) is 27.2 Å².